The van der Waals surface area contributed by atoms with E-state index in [0.29, 0.717) is 6.42 Å². The van der Waals surface area contributed by atoms with Gasteiger partial charge in [0.15, 0.2) is 0 Å². The fourth-order valence-electron chi connectivity index (χ4n) is 1.67. The Balaban J connectivity index is 2.95. The van der Waals surface area contributed by atoms with Crippen molar-refractivity contribution >= 4 is 6.29 Å². The summed E-state index contributed by atoms with van der Waals surface area (Å²) in [7, 11) is 0. The molecule has 0 aliphatic heterocycles. The highest BCUT2D eigenvalue weighted by Crippen LogP contribution is 2.09. The van der Waals surface area contributed by atoms with Crippen molar-refractivity contribution in [3.63, 3.8) is 0 Å². The molecule has 0 N–H and O–H groups in total. The molecule has 16 heavy (non-hydrogen) atoms. The summed E-state index contributed by atoms with van der Waals surface area (Å²) in [6, 6.07) is 0. The van der Waals surface area contributed by atoms with Gasteiger partial charge in [-0.25, -0.2) is 0 Å². The summed E-state index contributed by atoms with van der Waals surface area (Å²) in [5.41, 5.74) is 0. The lowest BCUT2D eigenvalue weighted by Crippen LogP contribution is -1.81. The molecule has 2 heteroatoms. The maximum absolute atomic E-state index is 11.7. The number of allylic oxidation sites excluding steroid dienone is 2. The predicted octanol–water partition coefficient (Wildman–Crippen LogP) is 4.61. The molecule has 0 atom stereocenters. The zero-order valence-corrected chi connectivity index (χ0v) is 10.3. The number of carbonyl (C=O) groups is 1. The van der Waals surface area contributed by atoms with Crippen LogP contribution in [-0.2, 0) is 4.79 Å². The lowest BCUT2D eigenvalue weighted by atomic mass is 10.1. The van der Waals surface area contributed by atoms with Crippen molar-refractivity contribution in [2.24, 2.45) is 0 Å². The van der Waals surface area contributed by atoms with Crippen LogP contribution >= 0.6 is 0 Å². The maximum Gasteiger partial charge on any atom is 0.119 e. The summed E-state index contributed by atoms with van der Waals surface area (Å²) in [5.74, 6) is 0. The number of halogens is 1. The number of aldehydes is 1. The standard InChI is InChI=1S/C14H25FO/c15-13-11-9-7-5-3-1-2-4-6-8-10-12-14-16/h7,9,14H,1-6,8,10-13H2/b9-7+. The lowest BCUT2D eigenvalue weighted by Gasteiger charge is -1.99. The molecule has 1 nitrogen and oxygen atoms in total. The first-order chi connectivity index (χ1) is 7.91. The zero-order valence-electron chi connectivity index (χ0n) is 10.3. The minimum absolute atomic E-state index is 0.239. The normalized spacial score (nSPS) is 11.1. The van der Waals surface area contributed by atoms with E-state index < -0.39 is 0 Å². The van der Waals surface area contributed by atoms with E-state index in [2.05, 4.69) is 6.08 Å². The third kappa shape index (κ3) is 13.3. The van der Waals surface area contributed by atoms with E-state index in [1.165, 1.54) is 38.5 Å². The minimum Gasteiger partial charge on any atom is -0.303 e. The van der Waals surface area contributed by atoms with Gasteiger partial charge in [-0.05, 0) is 25.7 Å². The third-order valence-electron chi connectivity index (χ3n) is 2.64. The Hall–Kier alpha value is -0.660. The van der Waals surface area contributed by atoms with Crippen molar-refractivity contribution in [1.82, 2.24) is 0 Å². The Labute approximate surface area is 99.1 Å². The van der Waals surface area contributed by atoms with Crippen LogP contribution in [0.25, 0.3) is 0 Å². The van der Waals surface area contributed by atoms with Crippen molar-refractivity contribution in [2.75, 3.05) is 6.67 Å². The summed E-state index contributed by atoms with van der Waals surface area (Å²) in [4.78, 5) is 10.1. The van der Waals surface area contributed by atoms with Gasteiger partial charge < -0.3 is 4.79 Å². The largest absolute Gasteiger partial charge is 0.303 e. The molecule has 0 bridgehead atoms. The van der Waals surface area contributed by atoms with Crippen molar-refractivity contribution in [2.45, 2.75) is 64.2 Å². The first kappa shape index (κ1) is 15.3. The molecule has 0 radical (unpaired) electrons. The van der Waals surface area contributed by atoms with E-state index in [9.17, 15) is 9.18 Å². The maximum atomic E-state index is 11.7. The van der Waals surface area contributed by atoms with Crippen LogP contribution in [0.1, 0.15) is 64.2 Å². The molecule has 0 aromatic carbocycles. The van der Waals surface area contributed by atoms with Gasteiger partial charge in [0.2, 0.25) is 0 Å². The number of hydrogen-bond donors (Lipinski definition) is 0. The molecule has 0 rings (SSSR count). The highest BCUT2D eigenvalue weighted by molar-refractivity contribution is 5.48. The summed E-state index contributed by atoms with van der Waals surface area (Å²) >= 11 is 0. The van der Waals surface area contributed by atoms with Crippen LogP contribution in [0.3, 0.4) is 0 Å². The van der Waals surface area contributed by atoms with Crippen LogP contribution in [0.4, 0.5) is 4.39 Å². The monoisotopic (exact) mass is 228 g/mol. The molecule has 0 saturated heterocycles. The number of rotatable bonds is 12. The topological polar surface area (TPSA) is 17.1 Å². The smallest absolute Gasteiger partial charge is 0.119 e. The Morgan fingerprint density at radius 3 is 1.75 bits per heavy atom. The van der Waals surface area contributed by atoms with Gasteiger partial charge in [0.05, 0.1) is 6.67 Å². The minimum atomic E-state index is -0.239. The lowest BCUT2D eigenvalue weighted by molar-refractivity contribution is -0.107. The first-order valence-corrected chi connectivity index (χ1v) is 6.56. The number of alkyl halides is 1. The van der Waals surface area contributed by atoms with Crippen molar-refractivity contribution in [3.05, 3.63) is 12.2 Å². The molecule has 0 unspecified atom stereocenters. The van der Waals surface area contributed by atoms with Crippen molar-refractivity contribution in [1.29, 1.82) is 0 Å². The first-order valence-electron chi connectivity index (χ1n) is 6.56. The Bertz CT molecular complexity index is 166. The molecular weight excluding hydrogens is 203 g/mol. The third-order valence-corrected chi connectivity index (χ3v) is 2.64. The van der Waals surface area contributed by atoms with E-state index >= 15 is 0 Å². The van der Waals surface area contributed by atoms with E-state index in [4.69, 9.17) is 0 Å². The van der Waals surface area contributed by atoms with Gasteiger partial charge in [0.25, 0.3) is 0 Å². The van der Waals surface area contributed by atoms with Crippen LogP contribution in [0.15, 0.2) is 12.2 Å². The summed E-state index contributed by atoms with van der Waals surface area (Å²) in [5, 5.41) is 0. The molecule has 0 amide bonds. The molecule has 0 aromatic rings. The second kappa shape index (κ2) is 14.3. The van der Waals surface area contributed by atoms with Gasteiger partial charge >= 0.3 is 0 Å². The fraction of sp³-hybridized carbons (Fsp3) is 0.786. The fourth-order valence-corrected chi connectivity index (χ4v) is 1.67. The van der Waals surface area contributed by atoms with Crippen LogP contribution in [0.2, 0.25) is 0 Å². The molecule has 0 aliphatic carbocycles. The van der Waals surface area contributed by atoms with Gasteiger partial charge in [0.1, 0.15) is 6.29 Å². The number of carbonyl (C=O) groups excluding carboxylic acids is 1. The summed E-state index contributed by atoms with van der Waals surface area (Å²) in [6.45, 7) is -0.239. The SMILES string of the molecule is O=CCCCCCCCCC/C=C/CCF. The van der Waals surface area contributed by atoms with Crippen molar-refractivity contribution in [3.8, 4) is 0 Å². The summed E-state index contributed by atoms with van der Waals surface area (Å²) in [6.07, 6.45) is 16.0. The molecule has 0 saturated carbocycles. The van der Waals surface area contributed by atoms with Gasteiger partial charge in [-0.3, -0.25) is 4.39 Å². The highest BCUT2D eigenvalue weighted by Gasteiger charge is 1.91. The number of unbranched alkanes of at least 4 members (excludes halogenated alkanes) is 8. The van der Waals surface area contributed by atoms with Gasteiger partial charge in [0, 0.05) is 6.42 Å². The Morgan fingerprint density at radius 2 is 1.19 bits per heavy atom. The van der Waals surface area contributed by atoms with E-state index in [-0.39, 0.29) is 6.67 Å². The molecular formula is C14H25FO. The zero-order chi connectivity index (χ0) is 11.9. The van der Waals surface area contributed by atoms with Crippen molar-refractivity contribution < 1.29 is 9.18 Å². The number of hydrogen-bond acceptors (Lipinski definition) is 1. The molecule has 0 aliphatic rings. The molecule has 94 valence electrons. The average Bonchev–Trinajstić information content (AvgIpc) is 2.31. The van der Waals surface area contributed by atoms with Crippen LogP contribution < -0.4 is 0 Å². The van der Waals surface area contributed by atoms with Gasteiger partial charge in [-0.2, -0.15) is 0 Å². The predicted molar refractivity (Wildman–Crippen MR) is 67.3 cm³/mol. The van der Waals surface area contributed by atoms with Crippen LogP contribution in [0, 0.1) is 0 Å². The Kier molecular flexibility index (Phi) is 13.7. The quantitative estimate of drug-likeness (QED) is 0.271. The van der Waals surface area contributed by atoms with Crippen LogP contribution in [-0.4, -0.2) is 13.0 Å². The van der Waals surface area contributed by atoms with Crippen LogP contribution in [0.5, 0.6) is 0 Å². The van der Waals surface area contributed by atoms with Gasteiger partial charge in [-0.15, -0.1) is 0 Å². The van der Waals surface area contributed by atoms with E-state index in [1.807, 2.05) is 6.08 Å². The molecule has 0 aromatic heterocycles. The van der Waals surface area contributed by atoms with Gasteiger partial charge in [-0.1, -0.05) is 44.3 Å². The summed E-state index contributed by atoms with van der Waals surface area (Å²) < 4.78 is 11.7. The molecule has 0 spiro atoms. The molecule has 0 heterocycles. The van der Waals surface area contributed by atoms with E-state index in [0.717, 1.165) is 25.5 Å². The average molecular weight is 228 g/mol. The second-order valence-corrected chi connectivity index (χ2v) is 4.17. The Morgan fingerprint density at radius 1 is 0.688 bits per heavy atom. The molecule has 0 fully saturated rings. The highest BCUT2D eigenvalue weighted by atomic mass is 19.1. The second-order valence-electron chi connectivity index (χ2n) is 4.17. The van der Waals surface area contributed by atoms with E-state index in [1.54, 1.807) is 0 Å².